The summed E-state index contributed by atoms with van der Waals surface area (Å²) in [6, 6.07) is 3.40. The Hall–Kier alpha value is -1.96. The molecule has 1 aromatic carbocycles. The molecule has 1 aliphatic heterocycles. The van der Waals surface area contributed by atoms with Crippen molar-refractivity contribution in [2.75, 3.05) is 38.0 Å². The number of piperazine rings is 1. The Labute approximate surface area is 136 Å². The Bertz CT molecular complexity index is 587. The van der Waals surface area contributed by atoms with Gasteiger partial charge in [0.1, 0.15) is 0 Å². The van der Waals surface area contributed by atoms with Crippen LogP contribution in [0.15, 0.2) is 18.2 Å². The van der Waals surface area contributed by atoms with Gasteiger partial charge in [-0.25, -0.2) is 0 Å². The summed E-state index contributed by atoms with van der Waals surface area (Å²) in [5, 5.41) is 2.28. The zero-order chi connectivity index (χ0) is 17.0. The third-order valence-corrected chi connectivity index (χ3v) is 3.86. The highest BCUT2D eigenvalue weighted by Crippen LogP contribution is 2.36. The molecule has 1 aromatic rings. The molecular weight excluding hydrogens is 335 g/mol. The van der Waals surface area contributed by atoms with E-state index >= 15 is 0 Å². The van der Waals surface area contributed by atoms with Gasteiger partial charge in [0, 0.05) is 31.9 Å². The van der Waals surface area contributed by atoms with Crippen LogP contribution in [0.1, 0.15) is 5.56 Å². The van der Waals surface area contributed by atoms with Gasteiger partial charge in [-0.15, -0.1) is 0 Å². The van der Waals surface area contributed by atoms with Gasteiger partial charge in [-0.05, 0) is 18.2 Å². The minimum atomic E-state index is -4.55. The molecule has 0 atom stereocenters. The lowest BCUT2D eigenvalue weighted by Gasteiger charge is -2.32. The molecule has 1 heterocycles. The molecule has 5 nitrogen and oxygen atoms in total. The lowest BCUT2D eigenvalue weighted by atomic mass is 10.2. The summed E-state index contributed by atoms with van der Waals surface area (Å²) in [4.78, 5) is 25.7. The predicted molar refractivity (Wildman–Crippen MR) is 79.2 cm³/mol. The lowest BCUT2D eigenvalue weighted by Crippen LogP contribution is -2.49. The summed E-state index contributed by atoms with van der Waals surface area (Å²) < 4.78 is 38.3. The van der Waals surface area contributed by atoms with Crippen LogP contribution in [0.25, 0.3) is 0 Å². The number of alkyl halides is 3. The number of carbonyl (C=O) groups excluding carboxylic acids is 2. The highest BCUT2D eigenvalue weighted by atomic mass is 35.5. The Morgan fingerprint density at radius 2 is 1.91 bits per heavy atom. The monoisotopic (exact) mass is 349 g/mol. The number of amides is 2. The van der Waals surface area contributed by atoms with Gasteiger partial charge in [0.05, 0.1) is 17.1 Å². The standard InChI is InChI=1S/C14H15ClF3N3O2/c15-12-2-1-10(7-11(12)14(16,17)18)19-8-13(23)21-5-3-20(9-22)4-6-21/h1-2,7,9,19H,3-6,8H2. The minimum absolute atomic E-state index is 0.125. The van der Waals surface area contributed by atoms with E-state index < -0.39 is 11.7 Å². The summed E-state index contributed by atoms with van der Waals surface area (Å²) in [5.74, 6) is -0.237. The number of hydrogen-bond acceptors (Lipinski definition) is 3. The second-order valence-electron chi connectivity index (χ2n) is 5.07. The molecule has 23 heavy (non-hydrogen) atoms. The molecule has 0 aromatic heterocycles. The van der Waals surface area contributed by atoms with Crippen LogP contribution in [0.4, 0.5) is 18.9 Å². The van der Waals surface area contributed by atoms with Crippen molar-refractivity contribution < 1.29 is 22.8 Å². The normalized spacial score (nSPS) is 15.5. The SMILES string of the molecule is O=CN1CCN(C(=O)CNc2ccc(Cl)c(C(F)(F)F)c2)CC1. The van der Waals surface area contributed by atoms with Crippen molar-refractivity contribution in [1.29, 1.82) is 0 Å². The first-order valence-corrected chi connectivity index (χ1v) is 7.27. The van der Waals surface area contributed by atoms with Crippen LogP contribution >= 0.6 is 11.6 Å². The van der Waals surface area contributed by atoms with Crippen LogP contribution in [0.5, 0.6) is 0 Å². The van der Waals surface area contributed by atoms with E-state index in [-0.39, 0.29) is 23.2 Å². The van der Waals surface area contributed by atoms with E-state index in [1.54, 1.807) is 9.80 Å². The molecule has 0 saturated carbocycles. The fourth-order valence-electron chi connectivity index (χ4n) is 2.22. The van der Waals surface area contributed by atoms with Gasteiger partial charge in [-0.2, -0.15) is 13.2 Å². The van der Waals surface area contributed by atoms with E-state index in [2.05, 4.69) is 5.32 Å². The third kappa shape index (κ3) is 4.51. The van der Waals surface area contributed by atoms with Crippen LogP contribution in [0.2, 0.25) is 5.02 Å². The number of anilines is 1. The third-order valence-electron chi connectivity index (χ3n) is 3.53. The van der Waals surface area contributed by atoms with Gasteiger partial charge >= 0.3 is 6.18 Å². The second-order valence-corrected chi connectivity index (χ2v) is 5.48. The molecule has 0 bridgehead atoms. The lowest BCUT2D eigenvalue weighted by molar-refractivity contribution is -0.137. The van der Waals surface area contributed by atoms with Crippen molar-refractivity contribution in [3.63, 3.8) is 0 Å². The molecule has 1 N–H and O–H groups in total. The first kappa shape index (κ1) is 17.4. The molecule has 0 radical (unpaired) electrons. The smallest absolute Gasteiger partial charge is 0.376 e. The summed E-state index contributed by atoms with van der Waals surface area (Å²) >= 11 is 5.54. The number of rotatable bonds is 4. The molecule has 1 saturated heterocycles. The Morgan fingerprint density at radius 1 is 1.26 bits per heavy atom. The molecular formula is C14H15ClF3N3O2. The first-order valence-electron chi connectivity index (χ1n) is 6.89. The molecule has 1 fully saturated rings. The summed E-state index contributed by atoms with van der Waals surface area (Å²) in [6.07, 6.45) is -3.82. The Kier molecular flexibility index (Phi) is 5.35. The number of nitrogens with zero attached hydrogens (tertiary/aromatic N) is 2. The molecule has 0 spiro atoms. The summed E-state index contributed by atoms with van der Waals surface area (Å²) in [5.41, 5.74) is -0.780. The summed E-state index contributed by atoms with van der Waals surface area (Å²) in [7, 11) is 0. The average Bonchev–Trinajstić information content (AvgIpc) is 2.52. The fourth-order valence-corrected chi connectivity index (χ4v) is 2.44. The highest BCUT2D eigenvalue weighted by Gasteiger charge is 2.33. The zero-order valence-corrected chi connectivity index (χ0v) is 12.8. The van der Waals surface area contributed by atoms with Crippen LogP contribution in [-0.2, 0) is 15.8 Å². The molecule has 126 valence electrons. The van der Waals surface area contributed by atoms with Crippen molar-refractivity contribution in [1.82, 2.24) is 9.80 Å². The van der Waals surface area contributed by atoms with Crippen molar-refractivity contribution >= 4 is 29.6 Å². The maximum Gasteiger partial charge on any atom is 0.417 e. The van der Waals surface area contributed by atoms with Crippen molar-refractivity contribution in [2.45, 2.75) is 6.18 Å². The number of carbonyl (C=O) groups is 2. The van der Waals surface area contributed by atoms with E-state index in [4.69, 9.17) is 11.6 Å². The van der Waals surface area contributed by atoms with Crippen molar-refractivity contribution in [3.05, 3.63) is 28.8 Å². The van der Waals surface area contributed by atoms with E-state index in [0.29, 0.717) is 26.2 Å². The number of benzene rings is 1. The predicted octanol–water partition coefficient (Wildman–Crippen LogP) is 2.07. The van der Waals surface area contributed by atoms with Crippen LogP contribution in [-0.4, -0.2) is 54.8 Å². The topological polar surface area (TPSA) is 52.7 Å². The van der Waals surface area contributed by atoms with E-state index in [1.165, 1.54) is 6.07 Å². The first-order chi connectivity index (χ1) is 10.8. The maximum absolute atomic E-state index is 12.8. The fraction of sp³-hybridized carbons (Fsp3) is 0.429. The molecule has 2 amide bonds. The van der Waals surface area contributed by atoms with Gasteiger partial charge in [-0.3, -0.25) is 9.59 Å². The molecule has 0 aliphatic carbocycles. The van der Waals surface area contributed by atoms with Crippen molar-refractivity contribution in [2.24, 2.45) is 0 Å². The van der Waals surface area contributed by atoms with E-state index in [9.17, 15) is 22.8 Å². The molecule has 9 heteroatoms. The largest absolute Gasteiger partial charge is 0.417 e. The van der Waals surface area contributed by atoms with Gasteiger partial charge in [0.15, 0.2) is 0 Å². The quantitative estimate of drug-likeness (QED) is 0.847. The number of nitrogens with one attached hydrogen (secondary N) is 1. The number of halogens is 4. The van der Waals surface area contributed by atoms with Gasteiger partial charge in [-0.1, -0.05) is 11.6 Å². The highest BCUT2D eigenvalue weighted by molar-refractivity contribution is 6.31. The minimum Gasteiger partial charge on any atom is -0.376 e. The molecule has 0 unspecified atom stereocenters. The van der Waals surface area contributed by atoms with E-state index in [0.717, 1.165) is 18.5 Å². The molecule has 2 rings (SSSR count). The van der Waals surface area contributed by atoms with Crippen LogP contribution in [0, 0.1) is 0 Å². The average molecular weight is 350 g/mol. The molecule has 1 aliphatic rings. The van der Waals surface area contributed by atoms with Crippen LogP contribution in [0.3, 0.4) is 0 Å². The van der Waals surface area contributed by atoms with E-state index in [1.807, 2.05) is 0 Å². The van der Waals surface area contributed by atoms with Gasteiger partial charge in [0.2, 0.25) is 12.3 Å². The van der Waals surface area contributed by atoms with Gasteiger partial charge < -0.3 is 15.1 Å². The second kappa shape index (κ2) is 7.08. The zero-order valence-electron chi connectivity index (χ0n) is 12.1. The maximum atomic E-state index is 12.8. The Morgan fingerprint density at radius 3 is 2.48 bits per heavy atom. The summed E-state index contributed by atoms with van der Waals surface area (Å²) in [6.45, 7) is 1.60. The van der Waals surface area contributed by atoms with Crippen molar-refractivity contribution in [3.8, 4) is 0 Å². The van der Waals surface area contributed by atoms with Crippen LogP contribution < -0.4 is 5.32 Å². The Balaban J connectivity index is 1.93. The van der Waals surface area contributed by atoms with Gasteiger partial charge in [0.25, 0.3) is 0 Å². The number of hydrogen-bond donors (Lipinski definition) is 1.